The van der Waals surface area contributed by atoms with Gasteiger partial charge in [0.2, 0.25) is 5.91 Å². The fraction of sp³-hybridized carbons (Fsp3) is 0.583. The van der Waals surface area contributed by atoms with Crippen LogP contribution in [-0.4, -0.2) is 70.7 Å². The normalized spacial score (nSPS) is 23.5. The Hall–Kier alpha value is -2.25. The Balaban J connectivity index is 1.17. The Morgan fingerprint density at radius 2 is 1.87 bits per heavy atom. The molecule has 1 amide bonds. The molecule has 1 saturated carbocycles. The molecule has 0 spiro atoms. The smallest absolute Gasteiger partial charge is 0.248 e. The number of amides is 1. The summed E-state index contributed by atoms with van der Waals surface area (Å²) in [5.74, 6) is 2.05. The zero-order valence-corrected chi connectivity index (χ0v) is 18.0. The van der Waals surface area contributed by atoms with E-state index >= 15 is 0 Å². The topological polar surface area (TPSA) is 50.6 Å². The molecule has 1 aromatic heterocycles. The van der Waals surface area contributed by atoms with Gasteiger partial charge in [-0.2, -0.15) is 0 Å². The van der Waals surface area contributed by atoms with Crippen molar-refractivity contribution >= 4 is 5.91 Å². The van der Waals surface area contributed by atoms with E-state index in [4.69, 9.17) is 4.74 Å². The van der Waals surface area contributed by atoms with Crippen molar-refractivity contribution < 1.29 is 13.9 Å². The number of aromatic nitrogens is 2. The molecule has 3 heterocycles. The van der Waals surface area contributed by atoms with E-state index in [1.54, 1.807) is 12.3 Å². The first-order valence-corrected chi connectivity index (χ1v) is 11.5. The number of carbonyl (C=O) groups is 1. The number of likely N-dealkylation sites (tertiary alicyclic amines) is 1. The summed E-state index contributed by atoms with van der Waals surface area (Å²) in [4.78, 5) is 21.5. The van der Waals surface area contributed by atoms with Crippen LogP contribution >= 0.6 is 0 Å². The molecule has 0 N–H and O–H groups in total. The molecule has 0 bridgehead atoms. The monoisotopic (exact) mass is 426 g/mol. The van der Waals surface area contributed by atoms with Crippen LogP contribution in [0.3, 0.4) is 0 Å². The molecule has 0 radical (unpaired) electrons. The summed E-state index contributed by atoms with van der Waals surface area (Å²) in [6.45, 7) is 5.75. The van der Waals surface area contributed by atoms with Crippen LogP contribution in [0.2, 0.25) is 0 Å². The Kier molecular flexibility index (Phi) is 6.05. The van der Waals surface area contributed by atoms with Crippen molar-refractivity contribution in [2.24, 2.45) is 11.8 Å². The molecule has 31 heavy (non-hydrogen) atoms. The summed E-state index contributed by atoms with van der Waals surface area (Å²) in [6.07, 6.45) is 8.68. The van der Waals surface area contributed by atoms with Crippen molar-refractivity contribution in [3.05, 3.63) is 42.5 Å². The van der Waals surface area contributed by atoms with E-state index in [9.17, 15) is 9.18 Å². The van der Waals surface area contributed by atoms with Crippen molar-refractivity contribution in [3.8, 4) is 11.4 Å². The van der Waals surface area contributed by atoms with E-state index in [2.05, 4.69) is 9.88 Å². The summed E-state index contributed by atoms with van der Waals surface area (Å²) in [6, 6.07) is 6.47. The van der Waals surface area contributed by atoms with Gasteiger partial charge in [0.15, 0.2) is 0 Å². The number of hydrogen-bond donors (Lipinski definition) is 0. The third-order valence-electron chi connectivity index (χ3n) is 6.82. The van der Waals surface area contributed by atoms with E-state index < -0.39 is 0 Å². The Bertz CT molecular complexity index is 904. The van der Waals surface area contributed by atoms with Gasteiger partial charge < -0.3 is 19.1 Å². The molecule has 166 valence electrons. The van der Waals surface area contributed by atoms with E-state index in [0.29, 0.717) is 19.0 Å². The van der Waals surface area contributed by atoms with Crippen LogP contribution in [0.5, 0.6) is 0 Å². The number of halogens is 1. The zero-order chi connectivity index (χ0) is 21.2. The Labute approximate surface area is 183 Å². The van der Waals surface area contributed by atoms with E-state index in [1.165, 1.54) is 44.4 Å². The quantitative estimate of drug-likeness (QED) is 0.683. The lowest BCUT2D eigenvalue weighted by molar-refractivity contribution is -0.150. The van der Waals surface area contributed by atoms with Gasteiger partial charge in [0.05, 0.1) is 12.6 Å². The number of benzene rings is 1. The number of ether oxygens (including phenoxy) is 1. The van der Waals surface area contributed by atoms with E-state index in [0.717, 1.165) is 36.9 Å². The van der Waals surface area contributed by atoms with Crippen molar-refractivity contribution in [1.82, 2.24) is 19.4 Å². The van der Waals surface area contributed by atoms with Gasteiger partial charge in [-0.3, -0.25) is 4.79 Å². The lowest BCUT2D eigenvalue weighted by atomic mass is 9.95. The lowest BCUT2D eigenvalue weighted by Gasteiger charge is -2.38. The molecule has 3 aliphatic rings. The third-order valence-corrected chi connectivity index (χ3v) is 6.82. The van der Waals surface area contributed by atoms with E-state index in [-0.39, 0.29) is 24.4 Å². The molecule has 1 aliphatic carbocycles. The van der Waals surface area contributed by atoms with Crippen molar-refractivity contribution in [3.63, 3.8) is 0 Å². The predicted octanol–water partition coefficient (Wildman–Crippen LogP) is 3.04. The van der Waals surface area contributed by atoms with Crippen LogP contribution in [0.15, 0.2) is 36.7 Å². The van der Waals surface area contributed by atoms with Gasteiger partial charge in [0, 0.05) is 37.6 Å². The van der Waals surface area contributed by atoms with Gasteiger partial charge >= 0.3 is 0 Å². The third kappa shape index (κ3) is 5.15. The molecule has 5 rings (SSSR count). The number of rotatable bonds is 7. The average Bonchev–Trinajstić information content (AvgIpc) is 3.46. The highest BCUT2D eigenvalue weighted by atomic mass is 19.1. The van der Waals surface area contributed by atoms with Gasteiger partial charge in [0.25, 0.3) is 0 Å². The first-order chi connectivity index (χ1) is 15.1. The SMILES string of the molecule is O=C1COC(Cn2ccnc2-c2cccc(F)c2)CN1CC1CCN(CC2CC2)CC1. The number of piperidine rings is 1. The first kappa shape index (κ1) is 20.6. The largest absolute Gasteiger partial charge is 0.365 e. The van der Waals surface area contributed by atoms with Crippen LogP contribution in [0.25, 0.3) is 11.4 Å². The minimum absolute atomic E-state index is 0.0887. The van der Waals surface area contributed by atoms with Crippen molar-refractivity contribution in [2.75, 3.05) is 39.3 Å². The highest BCUT2D eigenvalue weighted by Crippen LogP contribution is 2.31. The second kappa shape index (κ2) is 9.09. The van der Waals surface area contributed by atoms with E-state index in [1.807, 2.05) is 21.7 Å². The van der Waals surface area contributed by atoms with Crippen LogP contribution in [-0.2, 0) is 16.1 Å². The standard InChI is InChI=1S/C24H31FN4O2/c25-21-3-1-2-20(12-21)24-26-8-11-28(24)15-22-16-29(23(30)17-31-22)14-19-6-9-27(10-7-19)13-18-4-5-18/h1-3,8,11-12,18-19,22H,4-7,9-10,13-17H2. The van der Waals surface area contributed by atoms with Crippen LogP contribution in [0.4, 0.5) is 4.39 Å². The number of morpholine rings is 1. The van der Waals surface area contributed by atoms with Gasteiger partial charge in [-0.15, -0.1) is 0 Å². The fourth-order valence-corrected chi connectivity index (χ4v) is 4.86. The summed E-state index contributed by atoms with van der Waals surface area (Å²) in [5, 5.41) is 0. The predicted molar refractivity (Wildman–Crippen MR) is 116 cm³/mol. The average molecular weight is 427 g/mol. The van der Waals surface area contributed by atoms with Crippen molar-refractivity contribution in [2.45, 2.75) is 38.3 Å². The Morgan fingerprint density at radius 1 is 1.06 bits per heavy atom. The van der Waals surface area contributed by atoms with Gasteiger partial charge in [-0.05, 0) is 62.7 Å². The van der Waals surface area contributed by atoms with Gasteiger partial charge in [-0.25, -0.2) is 9.37 Å². The molecule has 3 fully saturated rings. The molecule has 1 unspecified atom stereocenters. The molecular formula is C24H31FN4O2. The van der Waals surface area contributed by atoms with Crippen LogP contribution in [0.1, 0.15) is 25.7 Å². The van der Waals surface area contributed by atoms with Crippen LogP contribution < -0.4 is 0 Å². The number of imidazole rings is 1. The van der Waals surface area contributed by atoms with Crippen molar-refractivity contribution in [1.29, 1.82) is 0 Å². The summed E-state index contributed by atoms with van der Waals surface area (Å²) >= 11 is 0. The second-order valence-corrected chi connectivity index (χ2v) is 9.33. The summed E-state index contributed by atoms with van der Waals surface area (Å²) in [7, 11) is 0. The maximum Gasteiger partial charge on any atom is 0.248 e. The maximum atomic E-state index is 13.6. The minimum atomic E-state index is -0.277. The Morgan fingerprint density at radius 3 is 2.65 bits per heavy atom. The number of hydrogen-bond acceptors (Lipinski definition) is 4. The molecule has 1 atom stereocenters. The molecule has 1 aromatic carbocycles. The summed E-state index contributed by atoms with van der Waals surface area (Å²) in [5.41, 5.74) is 0.742. The van der Waals surface area contributed by atoms with Gasteiger partial charge in [-0.1, -0.05) is 12.1 Å². The second-order valence-electron chi connectivity index (χ2n) is 9.33. The molecule has 7 heteroatoms. The summed E-state index contributed by atoms with van der Waals surface area (Å²) < 4.78 is 21.5. The van der Waals surface area contributed by atoms with Gasteiger partial charge in [0.1, 0.15) is 18.2 Å². The molecule has 2 aromatic rings. The molecule has 2 aliphatic heterocycles. The number of nitrogens with zero attached hydrogens (tertiary/aromatic N) is 4. The molecule has 2 saturated heterocycles. The maximum absolute atomic E-state index is 13.6. The lowest BCUT2D eigenvalue weighted by Crippen LogP contribution is -2.50. The highest BCUT2D eigenvalue weighted by Gasteiger charge is 2.31. The zero-order valence-electron chi connectivity index (χ0n) is 18.0. The highest BCUT2D eigenvalue weighted by molar-refractivity contribution is 5.78. The number of carbonyl (C=O) groups excluding carboxylic acids is 1. The molecular weight excluding hydrogens is 395 g/mol. The minimum Gasteiger partial charge on any atom is -0.365 e. The van der Waals surface area contributed by atoms with Crippen LogP contribution in [0, 0.1) is 17.7 Å². The fourth-order valence-electron chi connectivity index (χ4n) is 4.86. The molecule has 6 nitrogen and oxygen atoms in total. The first-order valence-electron chi connectivity index (χ1n) is 11.5.